The van der Waals surface area contributed by atoms with Crippen molar-refractivity contribution in [1.82, 2.24) is 20.6 Å². The molecule has 25 heavy (non-hydrogen) atoms. The molecular weight excluding hydrogens is 312 g/mol. The van der Waals surface area contributed by atoms with Crippen LogP contribution in [0.25, 0.3) is 11.3 Å². The largest absolute Gasteiger partial charge is 0.338 e. The van der Waals surface area contributed by atoms with E-state index in [1.165, 1.54) is 5.56 Å². The first-order valence-electron chi connectivity index (χ1n) is 8.22. The lowest BCUT2D eigenvalue weighted by Gasteiger charge is -2.09. The normalized spacial score (nSPS) is 10.2. The van der Waals surface area contributed by atoms with E-state index in [1.807, 2.05) is 42.5 Å². The third kappa shape index (κ3) is 5.14. The first kappa shape index (κ1) is 16.6. The zero-order valence-electron chi connectivity index (χ0n) is 13.9. The van der Waals surface area contributed by atoms with Gasteiger partial charge in [0, 0.05) is 37.2 Å². The van der Waals surface area contributed by atoms with Crippen LogP contribution in [0.1, 0.15) is 11.1 Å². The van der Waals surface area contributed by atoms with Crippen molar-refractivity contribution in [3.63, 3.8) is 0 Å². The van der Waals surface area contributed by atoms with Crippen LogP contribution in [0.4, 0.5) is 4.79 Å². The van der Waals surface area contributed by atoms with Gasteiger partial charge in [-0.2, -0.15) is 0 Å². The van der Waals surface area contributed by atoms with E-state index in [1.54, 1.807) is 18.6 Å². The van der Waals surface area contributed by atoms with Gasteiger partial charge in [0.25, 0.3) is 0 Å². The van der Waals surface area contributed by atoms with Crippen molar-refractivity contribution in [1.29, 1.82) is 0 Å². The first-order chi connectivity index (χ1) is 12.3. The van der Waals surface area contributed by atoms with Crippen LogP contribution >= 0.6 is 0 Å². The standard InChI is InChI=1S/C20H20N4O/c25-20(23-12-8-16-5-2-1-3-6-16)24-14-17-9-11-22-19(13-17)18-7-4-10-21-15-18/h1-7,9-11,13,15H,8,12,14H2,(H2,23,24,25). The summed E-state index contributed by atoms with van der Waals surface area (Å²) in [6.45, 7) is 1.06. The highest BCUT2D eigenvalue weighted by Gasteiger charge is 2.03. The van der Waals surface area contributed by atoms with Gasteiger partial charge in [0.05, 0.1) is 5.69 Å². The molecule has 5 heteroatoms. The second kappa shape index (κ2) is 8.59. The van der Waals surface area contributed by atoms with E-state index in [4.69, 9.17) is 0 Å². The summed E-state index contributed by atoms with van der Waals surface area (Å²) in [7, 11) is 0. The van der Waals surface area contributed by atoms with Gasteiger partial charge in [0.15, 0.2) is 0 Å². The number of benzene rings is 1. The molecule has 5 nitrogen and oxygen atoms in total. The molecule has 1 aromatic carbocycles. The molecule has 2 heterocycles. The van der Waals surface area contributed by atoms with Crippen molar-refractivity contribution in [3.8, 4) is 11.3 Å². The van der Waals surface area contributed by atoms with Crippen LogP contribution in [-0.4, -0.2) is 22.5 Å². The van der Waals surface area contributed by atoms with E-state index in [-0.39, 0.29) is 6.03 Å². The smallest absolute Gasteiger partial charge is 0.315 e. The number of urea groups is 1. The average molecular weight is 332 g/mol. The number of rotatable bonds is 6. The molecule has 0 bridgehead atoms. The van der Waals surface area contributed by atoms with E-state index in [2.05, 4.69) is 32.7 Å². The summed E-state index contributed by atoms with van der Waals surface area (Å²) >= 11 is 0. The molecule has 0 aliphatic heterocycles. The van der Waals surface area contributed by atoms with Crippen LogP contribution in [0.5, 0.6) is 0 Å². The summed E-state index contributed by atoms with van der Waals surface area (Å²) < 4.78 is 0. The Labute approximate surface area is 147 Å². The first-order valence-corrected chi connectivity index (χ1v) is 8.22. The van der Waals surface area contributed by atoms with Gasteiger partial charge in [-0.05, 0) is 41.8 Å². The highest BCUT2D eigenvalue weighted by Crippen LogP contribution is 2.16. The average Bonchev–Trinajstić information content (AvgIpc) is 2.68. The van der Waals surface area contributed by atoms with Crippen molar-refractivity contribution >= 4 is 6.03 Å². The summed E-state index contributed by atoms with van der Waals surface area (Å²) in [5, 5.41) is 5.74. The van der Waals surface area contributed by atoms with Crippen molar-refractivity contribution in [2.45, 2.75) is 13.0 Å². The fourth-order valence-corrected chi connectivity index (χ4v) is 2.47. The summed E-state index contributed by atoms with van der Waals surface area (Å²) in [4.78, 5) is 20.4. The van der Waals surface area contributed by atoms with Crippen molar-refractivity contribution < 1.29 is 4.79 Å². The predicted octanol–water partition coefficient (Wildman–Crippen LogP) is 3.19. The molecule has 0 aliphatic rings. The Hall–Kier alpha value is -3.21. The van der Waals surface area contributed by atoms with Crippen molar-refractivity contribution in [2.75, 3.05) is 6.54 Å². The van der Waals surface area contributed by atoms with Gasteiger partial charge in [-0.15, -0.1) is 0 Å². The highest BCUT2D eigenvalue weighted by atomic mass is 16.2. The lowest BCUT2D eigenvalue weighted by molar-refractivity contribution is 0.240. The van der Waals surface area contributed by atoms with E-state index >= 15 is 0 Å². The minimum absolute atomic E-state index is 0.171. The number of amides is 2. The van der Waals surface area contributed by atoms with Crippen LogP contribution in [0.3, 0.4) is 0 Å². The van der Waals surface area contributed by atoms with E-state index in [0.717, 1.165) is 23.2 Å². The number of pyridine rings is 2. The zero-order chi connectivity index (χ0) is 17.3. The molecule has 0 aliphatic carbocycles. The van der Waals surface area contributed by atoms with Crippen LogP contribution in [0.2, 0.25) is 0 Å². The molecule has 0 atom stereocenters. The second-order valence-electron chi connectivity index (χ2n) is 5.64. The number of nitrogens with zero attached hydrogens (tertiary/aromatic N) is 2. The molecule has 3 aromatic rings. The lowest BCUT2D eigenvalue weighted by Crippen LogP contribution is -2.36. The Bertz CT molecular complexity index is 806. The number of nitrogens with one attached hydrogen (secondary N) is 2. The van der Waals surface area contributed by atoms with Crippen molar-refractivity contribution in [2.24, 2.45) is 0 Å². The zero-order valence-corrected chi connectivity index (χ0v) is 13.9. The van der Waals surface area contributed by atoms with Gasteiger partial charge < -0.3 is 10.6 Å². The third-order valence-corrected chi connectivity index (χ3v) is 3.78. The van der Waals surface area contributed by atoms with E-state index in [9.17, 15) is 4.79 Å². The monoisotopic (exact) mass is 332 g/mol. The summed E-state index contributed by atoms with van der Waals surface area (Å²) in [5.74, 6) is 0. The molecule has 0 spiro atoms. The number of hydrogen-bond donors (Lipinski definition) is 2. The molecular formula is C20H20N4O. The fraction of sp³-hybridized carbons (Fsp3) is 0.150. The minimum Gasteiger partial charge on any atom is -0.338 e. The molecule has 3 rings (SSSR count). The summed E-state index contributed by atoms with van der Waals surface area (Å²) in [5.41, 5.74) is 4.00. The maximum absolute atomic E-state index is 11.9. The molecule has 0 saturated carbocycles. The molecule has 2 N–H and O–H groups in total. The molecule has 0 fully saturated rings. The van der Waals surface area contributed by atoms with Crippen LogP contribution < -0.4 is 10.6 Å². The molecule has 2 aromatic heterocycles. The molecule has 0 unspecified atom stereocenters. The Kier molecular flexibility index (Phi) is 5.72. The molecule has 0 radical (unpaired) electrons. The topological polar surface area (TPSA) is 66.9 Å². The SMILES string of the molecule is O=C(NCCc1ccccc1)NCc1ccnc(-c2cccnc2)c1. The number of hydrogen-bond acceptors (Lipinski definition) is 3. The number of carbonyl (C=O) groups excluding carboxylic acids is 1. The Balaban J connectivity index is 1.47. The summed E-state index contributed by atoms with van der Waals surface area (Å²) in [6.07, 6.45) is 6.06. The molecule has 126 valence electrons. The Morgan fingerprint density at radius 2 is 1.80 bits per heavy atom. The van der Waals surface area contributed by atoms with Gasteiger partial charge in [0.1, 0.15) is 0 Å². The minimum atomic E-state index is -0.171. The fourth-order valence-electron chi connectivity index (χ4n) is 2.47. The maximum atomic E-state index is 11.9. The number of carbonyl (C=O) groups is 1. The van der Waals surface area contributed by atoms with Crippen LogP contribution in [0, 0.1) is 0 Å². The van der Waals surface area contributed by atoms with Gasteiger partial charge >= 0.3 is 6.03 Å². The van der Waals surface area contributed by atoms with E-state index in [0.29, 0.717) is 13.1 Å². The lowest BCUT2D eigenvalue weighted by atomic mass is 10.1. The quantitative estimate of drug-likeness (QED) is 0.728. The summed E-state index contributed by atoms with van der Waals surface area (Å²) in [6, 6.07) is 17.6. The third-order valence-electron chi connectivity index (χ3n) is 3.78. The van der Waals surface area contributed by atoms with Gasteiger partial charge in [-0.25, -0.2) is 4.79 Å². The van der Waals surface area contributed by atoms with Crippen LogP contribution in [-0.2, 0) is 13.0 Å². The Morgan fingerprint density at radius 1 is 0.920 bits per heavy atom. The second-order valence-corrected chi connectivity index (χ2v) is 5.64. The van der Waals surface area contributed by atoms with E-state index < -0.39 is 0 Å². The van der Waals surface area contributed by atoms with Crippen LogP contribution in [0.15, 0.2) is 73.2 Å². The van der Waals surface area contributed by atoms with Gasteiger partial charge in [0.2, 0.25) is 0 Å². The maximum Gasteiger partial charge on any atom is 0.315 e. The predicted molar refractivity (Wildman–Crippen MR) is 97.9 cm³/mol. The van der Waals surface area contributed by atoms with Crippen molar-refractivity contribution in [3.05, 3.63) is 84.3 Å². The molecule has 0 saturated heterocycles. The highest BCUT2D eigenvalue weighted by molar-refractivity contribution is 5.73. The Morgan fingerprint density at radius 3 is 2.60 bits per heavy atom. The van der Waals surface area contributed by atoms with Gasteiger partial charge in [-0.1, -0.05) is 30.3 Å². The molecule has 2 amide bonds. The number of aromatic nitrogens is 2. The van der Waals surface area contributed by atoms with Gasteiger partial charge in [-0.3, -0.25) is 9.97 Å².